The summed E-state index contributed by atoms with van der Waals surface area (Å²) in [5, 5.41) is 10.3. The van der Waals surface area contributed by atoms with Crippen molar-refractivity contribution in [3.05, 3.63) is 29.3 Å². The molecule has 0 saturated carbocycles. The molecule has 0 radical (unpaired) electrons. The zero-order chi connectivity index (χ0) is 13.3. The van der Waals surface area contributed by atoms with E-state index in [4.69, 9.17) is 0 Å². The Morgan fingerprint density at radius 1 is 1.44 bits per heavy atom. The van der Waals surface area contributed by atoms with E-state index in [-0.39, 0.29) is 5.92 Å². The highest BCUT2D eigenvalue weighted by molar-refractivity contribution is 7.18. The van der Waals surface area contributed by atoms with Crippen molar-refractivity contribution in [3.63, 3.8) is 0 Å². The van der Waals surface area contributed by atoms with Crippen LogP contribution in [-0.2, 0) is 11.2 Å². The molecule has 1 heterocycles. The van der Waals surface area contributed by atoms with Gasteiger partial charge in [-0.25, -0.2) is 4.98 Å². The first-order chi connectivity index (χ1) is 8.43. The van der Waals surface area contributed by atoms with Crippen molar-refractivity contribution in [2.24, 2.45) is 11.3 Å². The fourth-order valence-corrected chi connectivity index (χ4v) is 2.97. The molecule has 1 aromatic carbocycles. The molecule has 1 atom stereocenters. The normalized spacial score (nSPS) is 14.9. The predicted molar refractivity (Wildman–Crippen MR) is 73.9 cm³/mol. The van der Waals surface area contributed by atoms with Crippen LogP contribution in [0.1, 0.15) is 25.8 Å². The van der Waals surface area contributed by atoms with Gasteiger partial charge in [0.05, 0.1) is 20.6 Å². The van der Waals surface area contributed by atoms with Crippen molar-refractivity contribution in [3.8, 4) is 0 Å². The highest BCUT2D eigenvalue weighted by atomic mass is 32.1. The molecule has 96 valence electrons. The summed E-state index contributed by atoms with van der Waals surface area (Å²) in [6.45, 7) is 5.69. The van der Waals surface area contributed by atoms with E-state index in [2.05, 4.69) is 4.98 Å². The minimum Gasteiger partial charge on any atom is -0.481 e. The number of para-hydroxylation sites is 1. The van der Waals surface area contributed by atoms with Crippen LogP contribution in [0.15, 0.2) is 24.3 Å². The third kappa shape index (κ3) is 2.25. The average molecular weight is 263 g/mol. The second-order valence-corrected chi connectivity index (χ2v) is 6.24. The molecule has 0 aliphatic carbocycles. The SMILES string of the molecule is CC(C)C(C)(Cc1nc2ccccc2s1)C(=O)O. The van der Waals surface area contributed by atoms with Gasteiger partial charge in [-0.3, -0.25) is 4.79 Å². The molecule has 0 amide bonds. The van der Waals surface area contributed by atoms with Crippen molar-refractivity contribution >= 4 is 27.5 Å². The van der Waals surface area contributed by atoms with Crippen LogP contribution in [0.4, 0.5) is 0 Å². The quantitative estimate of drug-likeness (QED) is 0.917. The molecule has 1 aromatic heterocycles. The van der Waals surface area contributed by atoms with E-state index in [1.54, 1.807) is 18.3 Å². The number of hydrogen-bond donors (Lipinski definition) is 1. The van der Waals surface area contributed by atoms with Gasteiger partial charge in [0.25, 0.3) is 0 Å². The molecular formula is C14H17NO2S. The zero-order valence-electron chi connectivity index (χ0n) is 10.8. The minimum atomic E-state index is -0.756. The number of rotatable bonds is 4. The number of carboxylic acid groups (broad SMARTS) is 1. The second-order valence-electron chi connectivity index (χ2n) is 5.13. The van der Waals surface area contributed by atoms with Gasteiger partial charge in [0.2, 0.25) is 0 Å². The molecule has 3 nitrogen and oxygen atoms in total. The standard InChI is InChI=1S/C14H17NO2S/c1-9(2)14(3,13(16)17)8-12-15-10-6-4-5-7-11(10)18-12/h4-7,9H,8H2,1-3H3,(H,16,17). The number of aliphatic carboxylic acids is 1. The van der Waals surface area contributed by atoms with Gasteiger partial charge in [-0.2, -0.15) is 0 Å². The summed E-state index contributed by atoms with van der Waals surface area (Å²) in [5.41, 5.74) is 0.197. The predicted octanol–water partition coefficient (Wildman–Crippen LogP) is 3.59. The summed E-state index contributed by atoms with van der Waals surface area (Å²) in [7, 11) is 0. The van der Waals surface area contributed by atoms with Crippen molar-refractivity contribution < 1.29 is 9.90 Å². The summed E-state index contributed by atoms with van der Waals surface area (Å²) >= 11 is 1.58. The molecular weight excluding hydrogens is 246 g/mol. The molecule has 0 aliphatic heterocycles. The van der Waals surface area contributed by atoms with Crippen LogP contribution in [0.2, 0.25) is 0 Å². The van der Waals surface area contributed by atoms with E-state index < -0.39 is 11.4 Å². The van der Waals surface area contributed by atoms with Gasteiger partial charge in [0.15, 0.2) is 0 Å². The van der Waals surface area contributed by atoms with E-state index >= 15 is 0 Å². The van der Waals surface area contributed by atoms with E-state index in [0.29, 0.717) is 6.42 Å². The Kier molecular flexibility index (Phi) is 3.39. The number of benzene rings is 1. The van der Waals surface area contributed by atoms with Crippen molar-refractivity contribution in [2.75, 3.05) is 0 Å². The average Bonchev–Trinajstić information content (AvgIpc) is 2.70. The molecule has 0 spiro atoms. The van der Waals surface area contributed by atoms with Gasteiger partial charge in [0, 0.05) is 6.42 Å². The molecule has 2 rings (SSSR count). The number of aromatic nitrogens is 1. The lowest BCUT2D eigenvalue weighted by Crippen LogP contribution is -2.35. The van der Waals surface area contributed by atoms with Gasteiger partial charge in [-0.05, 0) is 25.0 Å². The topological polar surface area (TPSA) is 50.2 Å². The number of fused-ring (bicyclic) bond motifs is 1. The number of hydrogen-bond acceptors (Lipinski definition) is 3. The Labute approximate surface area is 110 Å². The Morgan fingerprint density at radius 3 is 2.67 bits per heavy atom. The molecule has 18 heavy (non-hydrogen) atoms. The van der Waals surface area contributed by atoms with E-state index in [1.165, 1.54) is 0 Å². The fraction of sp³-hybridized carbons (Fsp3) is 0.429. The largest absolute Gasteiger partial charge is 0.481 e. The highest BCUT2D eigenvalue weighted by Gasteiger charge is 2.37. The van der Waals surface area contributed by atoms with Crippen molar-refractivity contribution in [1.82, 2.24) is 4.98 Å². The van der Waals surface area contributed by atoms with Gasteiger partial charge in [-0.15, -0.1) is 11.3 Å². The highest BCUT2D eigenvalue weighted by Crippen LogP contribution is 2.34. The van der Waals surface area contributed by atoms with Gasteiger partial charge < -0.3 is 5.11 Å². The molecule has 1 unspecified atom stereocenters. The molecule has 0 fully saturated rings. The summed E-state index contributed by atoms with van der Waals surface area (Å²) in [6, 6.07) is 7.90. The first-order valence-electron chi connectivity index (χ1n) is 6.01. The molecule has 0 saturated heterocycles. The first kappa shape index (κ1) is 13.0. The summed E-state index contributed by atoms with van der Waals surface area (Å²) in [5.74, 6) is -0.682. The number of carboxylic acids is 1. The summed E-state index contributed by atoms with van der Waals surface area (Å²) < 4.78 is 1.11. The maximum absolute atomic E-state index is 11.5. The molecule has 4 heteroatoms. The van der Waals surface area contributed by atoms with Crippen LogP contribution in [-0.4, -0.2) is 16.1 Å². The third-order valence-corrected chi connectivity index (χ3v) is 4.66. The lowest BCUT2D eigenvalue weighted by atomic mass is 9.76. The van der Waals surface area contributed by atoms with Crippen LogP contribution >= 0.6 is 11.3 Å². The maximum atomic E-state index is 11.5. The Morgan fingerprint density at radius 2 is 2.11 bits per heavy atom. The lowest BCUT2D eigenvalue weighted by molar-refractivity contribution is -0.150. The molecule has 0 aliphatic rings. The smallest absolute Gasteiger partial charge is 0.310 e. The third-order valence-electron chi connectivity index (χ3n) is 3.62. The Bertz CT molecular complexity index is 543. The van der Waals surface area contributed by atoms with Crippen LogP contribution in [0, 0.1) is 11.3 Å². The Balaban J connectivity index is 2.35. The number of thiazole rings is 1. The van der Waals surface area contributed by atoms with Crippen molar-refractivity contribution in [1.29, 1.82) is 0 Å². The van der Waals surface area contributed by atoms with E-state index in [9.17, 15) is 9.90 Å². The second kappa shape index (κ2) is 4.69. The fourth-order valence-electron chi connectivity index (χ4n) is 1.84. The van der Waals surface area contributed by atoms with Gasteiger partial charge in [0.1, 0.15) is 0 Å². The van der Waals surface area contributed by atoms with Crippen LogP contribution in [0.5, 0.6) is 0 Å². The summed E-state index contributed by atoms with van der Waals surface area (Å²) in [4.78, 5) is 16.0. The van der Waals surface area contributed by atoms with E-state index in [0.717, 1.165) is 15.2 Å². The molecule has 2 aromatic rings. The zero-order valence-corrected chi connectivity index (χ0v) is 11.6. The minimum absolute atomic E-state index is 0.0713. The van der Waals surface area contributed by atoms with Gasteiger partial charge >= 0.3 is 5.97 Å². The van der Waals surface area contributed by atoms with Crippen LogP contribution in [0.25, 0.3) is 10.2 Å². The van der Waals surface area contributed by atoms with Crippen LogP contribution in [0.3, 0.4) is 0 Å². The lowest BCUT2D eigenvalue weighted by Gasteiger charge is -2.27. The number of carbonyl (C=O) groups is 1. The van der Waals surface area contributed by atoms with Crippen molar-refractivity contribution in [2.45, 2.75) is 27.2 Å². The van der Waals surface area contributed by atoms with E-state index in [1.807, 2.05) is 38.1 Å². The molecule has 1 N–H and O–H groups in total. The van der Waals surface area contributed by atoms with Crippen LogP contribution < -0.4 is 0 Å². The van der Waals surface area contributed by atoms with Gasteiger partial charge in [-0.1, -0.05) is 26.0 Å². The monoisotopic (exact) mass is 263 g/mol. The number of nitrogens with zero attached hydrogens (tertiary/aromatic N) is 1. The maximum Gasteiger partial charge on any atom is 0.310 e. The Hall–Kier alpha value is -1.42. The summed E-state index contributed by atoms with van der Waals surface area (Å²) in [6.07, 6.45) is 0.485. The molecule has 0 bridgehead atoms. The first-order valence-corrected chi connectivity index (χ1v) is 6.83.